The number of piperidine rings is 1. The van der Waals surface area contributed by atoms with Gasteiger partial charge in [-0.15, -0.1) is 0 Å². The largest absolute Gasteiger partial charge is 0.332 e. The number of fused-ring (bicyclic) bond motifs is 1. The Kier molecular flexibility index (Phi) is 4.05. The molecule has 1 fully saturated rings. The first-order chi connectivity index (χ1) is 14.4. The number of aromatic nitrogens is 4. The molecule has 4 heterocycles. The molecule has 0 spiro atoms. The minimum atomic E-state index is -0.614. The van der Waals surface area contributed by atoms with Crippen molar-refractivity contribution in [3.8, 4) is 22.8 Å². The number of nitrogens with zero attached hydrogens (tertiary/aromatic N) is 5. The van der Waals surface area contributed by atoms with E-state index in [4.69, 9.17) is 4.98 Å². The Bertz CT molecular complexity index is 1210. The van der Waals surface area contributed by atoms with E-state index in [0.29, 0.717) is 18.5 Å². The van der Waals surface area contributed by atoms with E-state index in [1.807, 2.05) is 41.6 Å². The number of imidazole rings is 2. The number of benzene rings is 1. The van der Waals surface area contributed by atoms with Crippen LogP contribution in [0.3, 0.4) is 0 Å². The smallest absolute Gasteiger partial charge is 0.255 e. The predicted molar refractivity (Wildman–Crippen MR) is 107 cm³/mol. The van der Waals surface area contributed by atoms with Gasteiger partial charge >= 0.3 is 0 Å². The number of amides is 3. The third kappa shape index (κ3) is 2.81. The fourth-order valence-electron chi connectivity index (χ4n) is 4.15. The molecule has 0 aliphatic carbocycles. The van der Waals surface area contributed by atoms with Crippen LogP contribution in [0.25, 0.3) is 22.8 Å². The zero-order valence-corrected chi connectivity index (χ0v) is 16.6. The van der Waals surface area contributed by atoms with Gasteiger partial charge in [0.25, 0.3) is 5.91 Å². The first kappa shape index (κ1) is 18.3. The summed E-state index contributed by atoms with van der Waals surface area (Å²) in [5, 5.41) is 2.33. The van der Waals surface area contributed by atoms with E-state index >= 15 is 0 Å². The van der Waals surface area contributed by atoms with Gasteiger partial charge in [-0.2, -0.15) is 0 Å². The molecule has 152 valence electrons. The van der Waals surface area contributed by atoms with Gasteiger partial charge in [0.15, 0.2) is 5.82 Å². The number of carbonyl (C=O) groups is 3. The molecule has 0 bridgehead atoms. The van der Waals surface area contributed by atoms with E-state index < -0.39 is 11.9 Å². The highest BCUT2D eigenvalue weighted by molar-refractivity contribution is 6.05. The lowest BCUT2D eigenvalue weighted by Crippen LogP contribution is -2.52. The van der Waals surface area contributed by atoms with Gasteiger partial charge in [0.2, 0.25) is 11.8 Å². The molecule has 0 radical (unpaired) electrons. The molecule has 2 aromatic heterocycles. The molecule has 0 saturated carbocycles. The molecule has 9 heteroatoms. The van der Waals surface area contributed by atoms with E-state index in [2.05, 4.69) is 10.3 Å². The van der Waals surface area contributed by atoms with Crippen molar-refractivity contribution in [3.63, 3.8) is 0 Å². The summed E-state index contributed by atoms with van der Waals surface area (Å²) in [6.45, 7) is 0.343. The normalized spacial score (nSPS) is 18.7. The van der Waals surface area contributed by atoms with Gasteiger partial charge in [-0.05, 0) is 24.1 Å². The van der Waals surface area contributed by atoms with Crippen molar-refractivity contribution >= 4 is 17.7 Å². The monoisotopic (exact) mass is 404 g/mol. The Morgan fingerprint density at radius 1 is 1.13 bits per heavy atom. The quantitative estimate of drug-likeness (QED) is 0.662. The van der Waals surface area contributed by atoms with Crippen molar-refractivity contribution in [2.75, 3.05) is 0 Å². The molecule has 5 rings (SSSR count). The number of carbonyl (C=O) groups excluding carboxylic acids is 3. The second-order valence-corrected chi connectivity index (χ2v) is 7.72. The lowest BCUT2D eigenvalue weighted by Gasteiger charge is -2.29. The maximum atomic E-state index is 12.9. The molecule has 2 aliphatic heterocycles. The molecule has 9 nitrogen and oxygen atoms in total. The average Bonchev–Trinajstić information content (AvgIpc) is 3.39. The van der Waals surface area contributed by atoms with E-state index in [-0.39, 0.29) is 18.2 Å². The number of rotatable bonds is 3. The average molecular weight is 404 g/mol. The van der Waals surface area contributed by atoms with Crippen molar-refractivity contribution in [3.05, 3.63) is 48.0 Å². The highest BCUT2D eigenvalue weighted by atomic mass is 16.2. The van der Waals surface area contributed by atoms with Crippen LogP contribution >= 0.6 is 0 Å². The summed E-state index contributed by atoms with van der Waals surface area (Å²) in [6.07, 6.45) is 6.04. The molecule has 30 heavy (non-hydrogen) atoms. The maximum absolute atomic E-state index is 12.9. The molecule has 1 N–H and O–H groups in total. The second kappa shape index (κ2) is 6.65. The first-order valence-electron chi connectivity index (χ1n) is 9.70. The third-order valence-electron chi connectivity index (χ3n) is 5.74. The summed E-state index contributed by atoms with van der Waals surface area (Å²) in [4.78, 5) is 46.9. The lowest BCUT2D eigenvalue weighted by atomic mass is 10.0. The minimum absolute atomic E-state index is 0.178. The van der Waals surface area contributed by atoms with E-state index in [1.54, 1.807) is 23.5 Å². The van der Waals surface area contributed by atoms with Crippen molar-refractivity contribution in [1.29, 1.82) is 0 Å². The van der Waals surface area contributed by atoms with Gasteiger partial charge in [0, 0.05) is 44.4 Å². The number of aryl methyl sites for hydroxylation is 2. The van der Waals surface area contributed by atoms with E-state index in [9.17, 15) is 14.4 Å². The molecular weight excluding hydrogens is 384 g/mol. The maximum Gasteiger partial charge on any atom is 0.255 e. The molecule has 1 saturated heterocycles. The highest BCUT2D eigenvalue weighted by Gasteiger charge is 2.39. The Labute approximate surface area is 172 Å². The van der Waals surface area contributed by atoms with Crippen LogP contribution in [0.2, 0.25) is 0 Å². The topological polar surface area (TPSA) is 102 Å². The van der Waals surface area contributed by atoms with Gasteiger partial charge in [-0.3, -0.25) is 19.7 Å². The zero-order valence-electron chi connectivity index (χ0n) is 16.6. The van der Waals surface area contributed by atoms with Gasteiger partial charge in [0.05, 0.1) is 18.2 Å². The zero-order chi connectivity index (χ0) is 21.0. The number of nitrogens with one attached hydrogen (secondary N) is 1. The van der Waals surface area contributed by atoms with Crippen molar-refractivity contribution < 1.29 is 14.4 Å². The predicted octanol–water partition coefficient (Wildman–Crippen LogP) is 1.25. The fraction of sp³-hybridized carbons (Fsp3) is 0.286. The van der Waals surface area contributed by atoms with Crippen LogP contribution < -0.4 is 5.32 Å². The Balaban J connectivity index is 1.45. The summed E-state index contributed by atoms with van der Waals surface area (Å²) in [6, 6.07) is 5.00. The molecule has 3 aromatic rings. The van der Waals surface area contributed by atoms with Gasteiger partial charge in [0.1, 0.15) is 11.7 Å². The summed E-state index contributed by atoms with van der Waals surface area (Å²) in [7, 11) is 3.85. The highest BCUT2D eigenvalue weighted by Crippen LogP contribution is 2.31. The molecule has 1 atom stereocenters. The van der Waals surface area contributed by atoms with E-state index in [0.717, 1.165) is 28.3 Å². The van der Waals surface area contributed by atoms with Crippen LogP contribution in [-0.2, 0) is 30.2 Å². The van der Waals surface area contributed by atoms with Crippen molar-refractivity contribution in [2.45, 2.75) is 25.4 Å². The first-order valence-corrected chi connectivity index (χ1v) is 9.70. The van der Waals surface area contributed by atoms with Gasteiger partial charge < -0.3 is 14.0 Å². The van der Waals surface area contributed by atoms with Gasteiger partial charge in [-0.25, -0.2) is 9.97 Å². The van der Waals surface area contributed by atoms with Crippen LogP contribution in [0.15, 0.2) is 36.9 Å². The summed E-state index contributed by atoms with van der Waals surface area (Å²) in [5.74, 6) is -0.0744. The van der Waals surface area contributed by atoms with Crippen LogP contribution in [0, 0.1) is 0 Å². The summed E-state index contributed by atoms with van der Waals surface area (Å²) in [5.41, 5.74) is 4.05. The SMILES string of the molecule is Cn1cncc1-c1nc(-c2ccc3c(c2)CN(C2CCC(=O)NC2=O)C3=O)cn1C. The summed E-state index contributed by atoms with van der Waals surface area (Å²) < 4.78 is 3.85. The van der Waals surface area contributed by atoms with Gasteiger partial charge in [-0.1, -0.05) is 6.07 Å². The summed E-state index contributed by atoms with van der Waals surface area (Å²) >= 11 is 0. The Hall–Kier alpha value is -3.75. The number of hydrogen-bond acceptors (Lipinski definition) is 5. The molecule has 3 amide bonds. The number of hydrogen-bond donors (Lipinski definition) is 1. The standard InChI is InChI=1S/C21H20N6O3/c1-25-10-15(23-19(25)17-8-22-11-26(17)2)12-3-4-14-13(7-12)9-27(21(14)30)16-5-6-18(28)24-20(16)29/h3-4,7-8,10-11,16H,5-6,9H2,1-2H3,(H,24,28,29). The molecule has 2 aliphatic rings. The fourth-order valence-corrected chi connectivity index (χ4v) is 4.15. The van der Waals surface area contributed by atoms with Crippen molar-refractivity contribution in [1.82, 2.24) is 29.3 Å². The lowest BCUT2D eigenvalue weighted by molar-refractivity contribution is -0.136. The molecule has 1 unspecified atom stereocenters. The Morgan fingerprint density at radius 2 is 1.97 bits per heavy atom. The number of imide groups is 1. The molecule has 1 aromatic carbocycles. The second-order valence-electron chi connectivity index (χ2n) is 7.72. The van der Waals surface area contributed by atoms with Crippen LogP contribution in [-0.4, -0.2) is 47.8 Å². The minimum Gasteiger partial charge on any atom is -0.332 e. The Morgan fingerprint density at radius 3 is 2.70 bits per heavy atom. The molecular formula is C21H20N6O3. The third-order valence-corrected chi connectivity index (χ3v) is 5.74. The van der Waals surface area contributed by atoms with E-state index in [1.165, 1.54) is 0 Å². The van der Waals surface area contributed by atoms with Crippen molar-refractivity contribution in [2.24, 2.45) is 14.1 Å². The van der Waals surface area contributed by atoms with Crippen LogP contribution in [0.1, 0.15) is 28.8 Å². The van der Waals surface area contributed by atoms with Crippen LogP contribution in [0.4, 0.5) is 0 Å². The van der Waals surface area contributed by atoms with Crippen LogP contribution in [0.5, 0.6) is 0 Å².